The van der Waals surface area contributed by atoms with Crippen molar-refractivity contribution >= 4 is 38.3 Å². The van der Waals surface area contributed by atoms with Gasteiger partial charge in [-0.1, -0.05) is 0 Å². The lowest BCUT2D eigenvalue weighted by Gasteiger charge is -2.09. The van der Waals surface area contributed by atoms with Gasteiger partial charge in [0, 0.05) is 9.77 Å². The van der Waals surface area contributed by atoms with Gasteiger partial charge in [-0.05, 0) is 52.9 Å². The quantitative estimate of drug-likeness (QED) is 0.799. The Kier molecular flexibility index (Phi) is 4.20. The molecule has 0 aliphatic rings. The number of hydrogen-bond acceptors (Lipinski definition) is 4. The van der Waals surface area contributed by atoms with E-state index in [-0.39, 0.29) is 16.3 Å². The van der Waals surface area contributed by atoms with E-state index in [9.17, 15) is 12.8 Å². The molecule has 0 aliphatic carbocycles. The molecule has 0 atom stereocenters. The van der Waals surface area contributed by atoms with Crippen LogP contribution < -0.4 is 4.72 Å². The van der Waals surface area contributed by atoms with Gasteiger partial charge in [-0.3, -0.25) is 4.72 Å². The first-order valence-corrected chi connectivity index (χ1v) is 7.82. The monoisotopic (exact) mass is 403 g/mol. The van der Waals surface area contributed by atoms with Crippen LogP contribution in [0.3, 0.4) is 0 Å². The topological polar surface area (TPSA) is 82.8 Å². The molecule has 0 aliphatic heterocycles. The summed E-state index contributed by atoms with van der Waals surface area (Å²) in [7, 11) is -3.82. The molecule has 20 heavy (non-hydrogen) atoms. The molecule has 0 radical (unpaired) electrons. The Bertz CT molecular complexity index is 785. The number of nitrogens with one attached hydrogen (secondary N) is 1. The van der Waals surface area contributed by atoms with Crippen molar-refractivity contribution in [1.82, 2.24) is 4.98 Å². The van der Waals surface area contributed by atoms with Gasteiger partial charge in [0.1, 0.15) is 22.5 Å². The number of nitrogens with zero attached hydrogens (tertiary/aromatic N) is 2. The summed E-state index contributed by atoms with van der Waals surface area (Å²) < 4.78 is 40.0. The molecule has 8 heteroatoms. The molecule has 0 amide bonds. The van der Waals surface area contributed by atoms with Crippen LogP contribution in [0.1, 0.15) is 5.69 Å². The Morgan fingerprint density at radius 2 is 2.05 bits per heavy atom. The lowest BCUT2D eigenvalue weighted by Crippen LogP contribution is -2.14. The Hall–Kier alpha value is -1.73. The summed E-state index contributed by atoms with van der Waals surface area (Å²) >= 11 is 1.83. The third kappa shape index (κ3) is 3.23. The van der Waals surface area contributed by atoms with Gasteiger partial charge in [0.15, 0.2) is 0 Å². The molecule has 1 N–H and O–H groups in total. The van der Waals surface area contributed by atoms with Gasteiger partial charge < -0.3 is 0 Å². The molecule has 0 saturated carbocycles. The minimum Gasteiger partial charge on any atom is -0.279 e. The van der Waals surface area contributed by atoms with Crippen LogP contribution in [-0.4, -0.2) is 13.4 Å². The number of benzene rings is 1. The molecule has 5 nitrogen and oxygen atoms in total. The summed E-state index contributed by atoms with van der Waals surface area (Å²) in [5.74, 6) is -0.447. The van der Waals surface area contributed by atoms with Crippen LogP contribution in [0.5, 0.6) is 0 Å². The van der Waals surface area contributed by atoms with E-state index in [4.69, 9.17) is 5.26 Å². The highest BCUT2D eigenvalue weighted by Crippen LogP contribution is 2.22. The van der Waals surface area contributed by atoms with Crippen LogP contribution in [0.25, 0.3) is 0 Å². The van der Waals surface area contributed by atoms with Gasteiger partial charge in [-0.15, -0.1) is 0 Å². The highest BCUT2D eigenvalue weighted by atomic mass is 127. The second-order valence-electron chi connectivity index (χ2n) is 3.72. The van der Waals surface area contributed by atoms with Crippen LogP contribution in [0.2, 0.25) is 0 Å². The highest BCUT2D eigenvalue weighted by molar-refractivity contribution is 14.1. The normalized spacial score (nSPS) is 10.8. The van der Waals surface area contributed by atoms with Gasteiger partial charge in [0.05, 0.1) is 5.69 Å². The predicted octanol–water partition coefficient (Wildman–Crippen LogP) is 2.50. The molecular formula is C12H7FIN3O2S. The van der Waals surface area contributed by atoms with Crippen LogP contribution in [-0.2, 0) is 10.0 Å². The number of halogens is 2. The zero-order valence-electron chi connectivity index (χ0n) is 9.84. The van der Waals surface area contributed by atoms with Crippen LogP contribution in [0.15, 0.2) is 41.4 Å². The van der Waals surface area contributed by atoms with Crippen molar-refractivity contribution in [3.63, 3.8) is 0 Å². The average Bonchev–Trinajstić information content (AvgIpc) is 2.42. The number of hydrogen-bond donors (Lipinski definition) is 1. The molecule has 0 fully saturated rings. The number of aromatic nitrogens is 1. The number of nitriles is 1. The zero-order valence-corrected chi connectivity index (χ0v) is 12.8. The molecule has 102 valence electrons. The van der Waals surface area contributed by atoms with Gasteiger partial charge in [-0.25, -0.2) is 17.8 Å². The summed E-state index contributed by atoms with van der Waals surface area (Å²) in [5.41, 5.74) is 0.400. The van der Waals surface area contributed by atoms with E-state index in [1.807, 2.05) is 22.6 Å². The Balaban J connectivity index is 2.33. The molecular weight excluding hydrogens is 396 g/mol. The van der Waals surface area contributed by atoms with Crippen LogP contribution >= 0.6 is 22.6 Å². The first-order valence-electron chi connectivity index (χ1n) is 5.26. The first kappa shape index (κ1) is 14.7. The van der Waals surface area contributed by atoms with E-state index in [0.717, 1.165) is 12.3 Å². The van der Waals surface area contributed by atoms with Gasteiger partial charge in [0.25, 0.3) is 10.0 Å². The fourth-order valence-corrected chi connectivity index (χ4v) is 3.20. The van der Waals surface area contributed by atoms with E-state index in [1.54, 1.807) is 6.07 Å². The maximum atomic E-state index is 13.0. The fourth-order valence-electron chi connectivity index (χ4n) is 1.38. The Morgan fingerprint density at radius 3 is 2.60 bits per heavy atom. The van der Waals surface area contributed by atoms with Crippen molar-refractivity contribution < 1.29 is 12.8 Å². The van der Waals surface area contributed by atoms with Gasteiger partial charge >= 0.3 is 0 Å². The first-order chi connectivity index (χ1) is 9.42. The number of anilines is 1. The molecule has 1 heterocycles. The zero-order chi connectivity index (χ0) is 14.8. The van der Waals surface area contributed by atoms with Gasteiger partial charge in [-0.2, -0.15) is 5.26 Å². The summed E-state index contributed by atoms with van der Waals surface area (Å²) in [4.78, 5) is 3.63. The molecule has 2 rings (SSSR count). The molecule has 0 saturated heterocycles. The standard InChI is InChI=1S/C12H7FIN3O2S/c13-8-1-4-12(11(14)5-8)17-20(18,19)10-3-2-9(6-15)16-7-10/h1-5,7,17H. The molecule has 1 aromatic heterocycles. The smallest absolute Gasteiger partial charge is 0.263 e. The second kappa shape index (κ2) is 5.72. The third-order valence-corrected chi connectivity index (χ3v) is 4.58. The number of sulfonamides is 1. The lowest BCUT2D eigenvalue weighted by molar-refractivity contribution is 0.600. The number of pyridine rings is 1. The number of rotatable bonds is 3. The minimum absolute atomic E-state index is 0.0726. The molecule has 0 spiro atoms. The maximum absolute atomic E-state index is 13.0. The predicted molar refractivity (Wildman–Crippen MR) is 78.9 cm³/mol. The largest absolute Gasteiger partial charge is 0.279 e. The van der Waals surface area contributed by atoms with Crippen molar-refractivity contribution in [3.05, 3.63) is 51.6 Å². The van der Waals surface area contributed by atoms with E-state index >= 15 is 0 Å². The Labute approximate surface area is 128 Å². The second-order valence-corrected chi connectivity index (χ2v) is 6.57. The minimum atomic E-state index is -3.82. The molecule has 0 unspecified atom stereocenters. The lowest BCUT2D eigenvalue weighted by atomic mass is 10.3. The van der Waals surface area contributed by atoms with Crippen LogP contribution in [0, 0.1) is 20.7 Å². The maximum Gasteiger partial charge on any atom is 0.263 e. The van der Waals surface area contributed by atoms with Crippen molar-refractivity contribution in [2.75, 3.05) is 4.72 Å². The molecule has 1 aromatic carbocycles. The van der Waals surface area contributed by atoms with Crippen molar-refractivity contribution in [2.24, 2.45) is 0 Å². The van der Waals surface area contributed by atoms with Crippen molar-refractivity contribution in [3.8, 4) is 6.07 Å². The third-order valence-electron chi connectivity index (χ3n) is 2.34. The SMILES string of the molecule is N#Cc1ccc(S(=O)(=O)Nc2ccc(F)cc2I)cn1. The molecule has 2 aromatic rings. The van der Waals surface area contributed by atoms with E-state index in [0.29, 0.717) is 3.57 Å². The van der Waals surface area contributed by atoms with Crippen molar-refractivity contribution in [2.45, 2.75) is 4.90 Å². The average molecular weight is 403 g/mol. The van der Waals surface area contributed by atoms with E-state index < -0.39 is 15.8 Å². The summed E-state index contributed by atoms with van der Waals surface area (Å²) in [5, 5.41) is 8.61. The summed E-state index contributed by atoms with van der Waals surface area (Å²) in [6.45, 7) is 0. The van der Waals surface area contributed by atoms with Crippen molar-refractivity contribution in [1.29, 1.82) is 5.26 Å². The summed E-state index contributed by atoms with van der Waals surface area (Å²) in [6, 6.07) is 8.11. The van der Waals surface area contributed by atoms with Crippen LogP contribution in [0.4, 0.5) is 10.1 Å². The highest BCUT2D eigenvalue weighted by Gasteiger charge is 2.16. The Morgan fingerprint density at radius 1 is 1.30 bits per heavy atom. The summed E-state index contributed by atoms with van der Waals surface area (Å²) in [6.07, 6.45) is 1.09. The van der Waals surface area contributed by atoms with E-state index in [1.165, 1.54) is 24.3 Å². The molecule has 0 bridgehead atoms. The fraction of sp³-hybridized carbons (Fsp3) is 0. The van der Waals surface area contributed by atoms with Gasteiger partial charge in [0.2, 0.25) is 0 Å². The van der Waals surface area contributed by atoms with E-state index in [2.05, 4.69) is 9.71 Å².